The molecule has 0 amide bonds. The summed E-state index contributed by atoms with van der Waals surface area (Å²) in [4.78, 5) is 0. The Morgan fingerprint density at radius 2 is 1.62 bits per heavy atom. The van der Waals surface area contributed by atoms with Gasteiger partial charge in [-0.15, -0.1) is 6.42 Å². The van der Waals surface area contributed by atoms with Crippen molar-refractivity contribution in [1.82, 2.24) is 0 Å². The lowest BCUT2D eigenvalue weighted by atomic mass is 10.1. The van der Waals surface area contributed by atoms with Gasteiger partial charge >= 0.3 is 17.2 Å². The second kappa shape index (κ2) is 3.31. The third-order valence-corrected chi connectivity index (χ3v) is 1.57. The van der Waals surface area contributed by atoms with Crippen molar-refractivity contribution in [2.24, 2.45) is 0 Å². The lowest BCUT2D eigenvalue weighted by Crippen LogP contribution is -2.56. The molecule has 0 spiro atoms. The largest absolute Gasteiger partial charge is 0.436 e. The molecule has 0 aliphatic heterocycles. The first-order valence-corrected chi connectivity index (χ1v) is 3.16. The van der Waals surface area contributed by atoms with E-state index < -0.39 is 17.2 Å². The van der Waals surface area contributed by atoms with Gasteiger partial charge in [0.1, 0.15) is 0 Å². The average molecular weight is 223 g/mol. The molecule has 0 aromatic rings. The molecule has 0 rings (SSSR count). The van der Waals surface area contributed by atoms with E-state index in [1.165, 1.54) is 0 Å². The summed E-state index contributed by atoms with van der Waals surface area (Å²) in [5.74, 6) is 0.816. The summed E-state index contributed by atoms with van der Waals surface area (Å²) in [6, 6.07) is 0. The fourth-order valence-electron chi connectivity index (χ4n) is 0.615. The predicted octanol–water partition coefficient (Wildman–Crippen LogP) is 2.40. The number of hydrogen-bond donors (Lipinski definition) is 0. The molecule has 13 heavy (non-hydrogen) atoms. The van der Waals surface area contributed by atoms with Crippen LogP contribution in [0.15, 0.2) is 0 Å². The van der Waals surface area contributed by atoms with Crippen molar-refractivity contribution in [3.63, 3.8) is 0 Å². The Bertz CT molecular complexity index is 209. The average Bonchev–Trinajstić information content (AvgIpc) is 1.84. The van der Waals surface area contributed by atoms with E-state index in [4.69, 9.17) is 0 Å². The standard InChI is InChI=1S/C6H4ClF5O/c1-3-4(13-2,5(7,8)9)6(10,11)12/h1H,2H3. The molecule has 0 aliphatic rings. The molecule has 0 N–H and O–H groups in total. The van der Waals surface area contributed by atoms with Crippen molar-refractivity contribution < 1.29 is 26.7 Å². The first-order chi connectivity index (χ1) is 5.62. The number of terminal acetylenes is 1. The highest BCUT2D eigenvalue weighted by molar-refractivity contribution is 6.22. The number of halogens is 6. The molecule has 0 aromatic carbocycles. The molecule has 0 saturated heterocycles. The quantitative estimate of drug-likeness (QED) is 0.396. The SMILES string of the molecule is C#CC(OC)(C(F)(F)F)C(F)(F)Cl. The first kappa shape index (κ1) is 12.5. The van der Waals surface area contributed by atoms with Gasteiger partial charge in [-0.3, -0.25) is 0 Å². The highest BCUT2D eigenvalue weighted by atomic mass is 35.5. The number of ether oxygens (including phenoxy) is 1. The molecule has 0 radical (unpaired) electrons. The van der Waals surface area contributed by atoms with Gasteiger partial charge in [-0.2, -0.15) is 22.0 Å². The highest BCUT2D eigenvalue weighted by Crippen LogP contribution is 2.46. The Morgan fingerprint density at radius 1 is 1.23 bits per heavy atom. The van der Waals surface area contributed by atoms with Crippen LogP contribution in [0.4, 0.5) is 22.0 Å². The maximum absolute atomic E-state index is 12.3. The van der Waals surface area contributed by atoms with Crippen molar-refractivity contribution in [3.05, 3.63) is 0 Å². The summed E-state index contributed by atoms with van der Waals surface area (Å²) < 4.78 is 64.3. The van der Waals surface area contributed by atoms with Crippen molar-refractivity contribution in [3.8, 4) is 12.3 Å². The summed E-state index contributed by atoms with van der Waals surface area (Å²) in [6.07, 6.45) is -1.11. The van der Waals surface area contributed by atoms with E-state index in [1.54, 1.807) is 0 Å². The van der Waals surface area contributed by atoms with Gasteiger partial charge in [-0.1, -0.05) is 5.92 Å². The maximum atomic E-state index is 12.3. The van der Waals surface area contributed by atoms with Crippen molar-refractivity contribution in [1.29, 1.82) is 0 Å². The molecule has 0 fully saturated rings. The Morgan fingerprint density at radius 3 is 1.62 bits per heavy atom. The fraction of sp³-hybridized carbons (Fsp3) is 0.667. The second-order valence-corrected chi connectivity index (χ2v) is 2.50. The topological polar surface area (TPSA) is 9.23 Å². The Hall–Kier alpha value is -0.540. The van der Waals surface area contributed by atoms with E-state index in [9.17, 15) is 22.0 Å². The van der Waals surface area contributed by atoms with E-state index in [0.717, 1.165) is 5.92 Å². The smallest absolute Gasteiger partial charge is 0.351 e. The Labute approximate surface area is 75.8 Å². The number of rotatable bonds is 2. The molecule has 0 aliphatic carbocycles. The zero-order valence-corrected chi connectivity index (χ0v) is 7.01. The molecule has 76 valence electrons. The third-order valence-electron chi connectivity index (χ3n) is 1.31. The van der Waals surface area contributed by atoms with Gasteiger partial charge in [0.2, 0.25) is 0 Å². The zero-order chi connectivity index (χ0) is 10.9. The van der Waals surface area contributed by atoms with Crippen LogP contribution in [0, 0.1) is 12.3 Å². The molecule has 1 atom stereocenters. The van der Waals surface area contributed by atoms with Crippen LogP contribution < -0.4 is 0 Å². The molecule has 0 bridgehead atoms. The minimum absolute atomic E-state index is 0.406. The number of alkyl halides is 6. The van der Waals surface area contributed by atoms with E-state index in [0.29, 0.717) is 7.11 Å². The van der Waals surface area contributed by atoms with E-state index in [2.05, 4.69) is 22.8 Å². The van der Waals surface area contributed by atoms with Crippen LogP contribution in [-0.4, -0.2) is 24.3 Å². The highest BCUT2D eigenvalue weighted by Gasteiger charge is 2.69. The zero-order valence-electron chi connectivity index (χ0n) is 6.25. The van der Waals surface area contributed by atoms with Crippen LogP contribution in [0.5, 0.6) is 0 Å². The summed E-state index contributed by atoms with van der Waals surface area (Å²) in [7, 11) is 0.406. The Balaban J connectivity index is 5.35. The van der Waals surface area contributed by atoms with Crippen LogP contribution in [0.25, 0.3) is 0 Å². The molecule has 0 aromatic heterocycles. The van der Waals surface area contributed by atoms with E-state index in [-0.39, 0.29) is 0 Å². The molecule has 7 heteroatoms. The molecule has 1 nitrogen and oxygen atoms in total. The van der Waals surface area contributed by atoms with Gasteiger partial charge in [0.15, 0.2) is 0 Å². The lowest BCUT2D eigenvalue weighted by Gasteiger charge is -2.32. The van der Waals surface area contributed by atoms with E-state index in [1.807, 2.05) is 0 Å². The molecule has 0 heterocycles. The predicted molar refractivity (Wildman–Crippen MR) is 35.4 cm³/mol. The summed E-state index contributed by atoms with van der Waals surface area (Å²) in [5.41, 5.74) is -4.08. The first-order valence-electron chi connectivity index (χ1n) is 2.78. The summed E-state index contributed by atoms with van der Waals surface area (Å²) in [5, 5.41) is -4.71. The van der Waals surface area contributed by atoms with Crippen LogP contribution in [0.2, 0.25) is 0 Å². The van der Waals surface area contributed by atoms with Gasteiger partial charge < -0.3 is 4.74 Å². The number of hydrogen-bond acceptors (Lipinski definition) is 1. The van der Waals surface area contributed by atoms with Gasteiger partial charge in [-0.05, 0) is 11.6 Å². The van der Waals surface area contributed by atoms with Crippen LogP contribution in [0.1, 0.15) is 0 Å². The second-order valence-electron chi connectivity index (χ2n) is 2.03. The van der Waals surface area contributed by atoms with Crippen LogP contribution in [-0.2, 0) is 4.74 Å². The minimum Gasteiger partial charge on any atom is -0.351 e. The molecule has 0 saturated carbocycles. The van der Waals surface area contributed by atoms with Crippen molar-refractivity contribution >= 4 is 11.6 Å². The summed E-state index contributed by atoms with van der Waals surface area (Å²) >= 11 is 4.22. The van der Waals surface area contributed by atoms with Crippen molar-refractivity contribution in [2.75, 3.05) is 7.11 Å². The van der Waals surface area contributed by atoms with Crippen LogP contribution in [0.3, 0.4) is 0 Å². The van der Waals surface area contributed by atoms with Crippen LogP contribution >= 0.6 is 11.6 Å². The molecule has 1 unspecified atom stereocenters. The molecular formula is C6H4ClF5O. The normalized spacial score (nSPS) is 17.7. The van der Waals surface area contributed by atoms with Gasteiger partial charge in [0.25, 0.3) is 0 Å². The van der Waals surface area contributed by atoms with Gasteiger partial charge in [-0.25, -0.2) is 0 Å². The number of methoxy groups -OCH3 is 1. The van der Waals surface area contributed by atoms with Crippen molar-refractivity contribution in [2.45, 2.75) is 17.2 Å². The fourth-order valence-corrected chi connectivity index (χ4v) is 0.854. The monoisotopic (exact) mass is 222 g/mol. The summed E-state index contributed by atoms with van der Waals surface area (Å²) in [6.45, 7) is 0. The van der Waals surface area contributed by atoms with E-state index >= 15 is 0 Å². The lowest BCUT2D eigenvalue weighted by molar-refractivity contribution is -0.292. The van der Waals surface area contributed by atoms with Gasteiger partial charge in [0, 0.05) is 7.11 Å². The Kier molecular flexibility index (Phi) is 3.17. The molecular weight excluding hydrogens is 219 g/mol. The maximum Gasteiger partial charge on any atom is 0.436 e. The third kappa shape index (κ3) is 1.86. The van der Waals surface area contributed by atoms with Gasteiger partial charge in [0.05, 0.1) is 0 Å². The minimum atomic E-state index is -5.44.